The Morgan fingerprint density at radius 1 is 1.50 bits per heavy atom. The van der Waals surface area contributed by atoms with E-state index in [4.69, 9.17) is 21.7 Å². The minimum atomic E-state index is 0.196. The van der Waals surface area contributed by atoms with Crippen LogP contribution in [0, 0.1) is 4.77 Å². The molecule has 1 aliphatic heterocycles. The molecule has 0 bridgehead atoms. The summed E-state index contributed by atoms with van der Waals surface area (Å²) in [6.07, 6.45) is 1.20. The smallest absolute Gasteiger partial charge is 0.178 e. The van der Waals surface area contributed by atoms with Crippen LogP contribution >= 0.6 is 12.2 Å². The molecular formula is C13H16N2O2S. The first-order valence-electron chi connectivity index (χ1n) is 6.10. The van der Waals surface area contributed by atoms with Crippen LogP contribution in [0.3, 0.4) is 0 Å². The van der Waals surface area contributed by atoms with Crippen molar-refractivity contribution in [2.45, 2.75) is 25.5 Å². The molecule has 2 atom stereocenters. The molecule has 0 aliphatic carbocycles. The second-order valence-corrected chi connectivity index (χ2v) is 5.00. The van der Waals surface area contributed by atoms with Crippen molar-refractivity contribution in [3.05, 3.63) is 23.0 Å². The zero-order chi connectivity index (χ0) is 12.7. The lowest BCUT2D eigenvalue weighted by molar-refractivity contribution is 0.108. The van der Waals surface area contributed by atoms with Crippen LogP contribution < -0.4 is 4.74 Å². The van der Waals surface area contributed by atoms with E-state index in [2.05, 4.69) is 16.5 Å². The third-order valence-electron chi connectivity index (χ3n) is 3.59. The Kier molecular flexibility index (Phi) is 2.87. The van der Waals surface area contributed by atoms with Gasteiger partial charge in [0.2, 0.25) is 0 Å². The highest BCUT2D eigenvalue weighted by Gasteiger charge is 2.27. The van der Waals surface area contributed by atoms with Gasteiger partial charge >= 0.3 is 0 Å². The van der Waals surface area contributed by atoms with Gasteiger partial charge in [0.25, 0.3) is 0 Å². The summed E-state index contributed by atoms with van der Waals surface area (Å²) >= 11 is 5.43. The van der Waals surface area contributed by atoms with Gasteiger partial charge in [-0.3, -0.25) is 0 Å². The van der Waals surface area contributed by atoms with Crippen LogP contribution in [-0.4, -0.2) is 29.4 Å². The molecule has 1 aliphatic rings. The molecule has 1 N–H and O–H groups in total. The number of hydrogen-bond donors (Lipinski definition) is 1. The lowest BCUT2D eigenvalue weighted by atomic mass is 10.1. The maximum absolute atomic E-state index is 5.64. The summed E-state index contributed by atoms with van der Waals surface area (Å²) in [6.45, 7) is 2.89. The van der Waals surface area contributed by atoms with Gasteiger partial charge in [-0.15, -0.1) is 0 Å². The van der Waals surface area contributed by atoms with Crippen molar-refractivity contribution in [1.29, 1.82) is 0 Å². The molecule has 96 valence electrons. The van der Waals surface area contributed by atoms with Gasteiger partial charge in [0.15, 0.2) is 4.77 Å². The number of imidazole rings is 1. The van der Waals surface area contributed by atoms with Gasteiger partial charge in [0.1, 0.15) is 5.75 Å². The molecule has 2 heterocycles. The number of nitrogens with zero attached hydrogens (tertiary/aromatic N) is 1. The maximum Gasteiger partial charge on any atom is 0.178 e. The first kappa shape index (κ1) is 11.7. The first-order chi connectivity index (χ1) is 8.70. The van der Waals surface area contributed by atoms with E-state index in [-0.39, 0.29) is 6.10 Å². The molecular weight excluding hydrogens is 248 g/mol. The summed E-state index contributed by atoms with van der Waals surface area (Å²) in [5, 5.41) is 0. The standard InChI is InChI=1S/C13H16N2O2S/c1-8-11(5-6-17-8)15-12-7-9(16-2)3-4-10(12)14-13(15)18/h3-4,7-8,11H,5-6H2,1-2H3,(H,14,18). The van der Waals surface area contributed by atoms with Crippen LogP contribution in [0.15, 0.2) is 18.2 Å². The molecule has 2 aromatic rings. The van der Waals surface area contributed by atoms with E-state index in [1.807, 2.05) is 18.2 Å². The Balaban J connectivity index is 2.20. The molecule has 18 heavy (non-hydrogen) atoms. The fourth-order valence-electron chi connectivity index (χ4n) is 2.62. The Bertz CT molecular complexity index is 631. The van der Waals surface area contributed by atoms with Gasteiger partial charge in [-0.2, -0.15) is 0 Å². The summed E-state index contributed by atoms with van der Waals surface area (Å²) in [5.41, 5.74) is 2.13. The van der Waals surface area contributed by atoms with Gasteiger partial charge in [0, 0.05) is 12.7 Å². The third-order valence-corrected chi connectivity index (χ3v) is 3.89. The van der Waals surface area contributed by atoms with E-state index in [9.17, 15) is 0 Å². The lowest BCUT2D eigenvalue weighted by Crippen LogP contribution is -2.16. The Morgan fingerprint density at radius 3 is 3.00 bits per heavy atom. The molecule has 0 saturated carbocycles. The number of methoxy groups -OCH3 is 1. The summed E-state index contributed by atoms with van der Waals surface area (Å²) in [7, 11) is 1.67. The number of fused-ring (bicyclic) bond motifs is 1. The van der Waals surface area contributed by atoms with Crippen LogP contribution in [0.1, 0.15) is 19.4 Å². The summed E-state index contributed by atoms with van der Waals surface area (Å²) in [5.74, 6) is 0.844. The highest BCUT2D eigenvalue weighted by Crippen LogP contribution is 2.31. The zero-order valence-electron chi connectivity index (χ0n) is 10.5. The number of benzene rings is 1. The number of aromatic amines is 1. The Morgan fingerprint density at radius 2 is 2.33 bits per heavy atom. The van der Waals surface area contributed by atoms with Crippen LogP contribution in [0.25, 0.3) is 11.0 Å². The number of ether oxygens (including phenoxy) is 2. The second kappa shape index (κ2) is 4.40. The topological polar surface area (TPSA) is 39.2 Å². The van der Waals surface area contributed by atoms with Crippen LogP contribution in [0.5, 0.6) is 5.75 Å². The van der Waals surface area contributed by atoms with Crippen molar-refractivity contribution in [3.63, 3.8) is 0 Å². The Hall–Kier alpha value is -1.33. The molecule has 0 amide bonds. The zero-order valence-corrected chi connectivity index (χ0v) is 11.3. The molecule has 1 fully saturated rings. The van der Waals surface area contributed by atoms with Gasteiger partial charge in [-0.05, 0) is 37.7 Å². The van der Waals surface area contributed by atoms with Crippen molar-refractivity contribution in [2.75, 3.05) is 13.7 Å². The highest BCUT2D eigenvalue weighted by atomic mass is 32.1. The van der Waals surface area contributed by atoms with Gasteiger partial charge < -0.3 is 19.0 Å². The summed E-state index contributed by atoms with van der Waals surface area (Å²) in [4.78, 5) is 3.24. The normalized spacial score (nSPS) is 23.7. The number of hydrogen-bond acceptors (Lipinski definition) is 3. The van der Waals surface area contributed by atoms with E-state index in [0.717, 1.165) is 34.6 Å². The minimum absolute atomic E-state index is 0.196. The van der Waals surface area contributed by atoms with Crippen LogP contribution in [0.2, 0.25) is 0 Å². The summed E-state index contributed by atoms with van der Waals surface area (Å²) in [6, 6.07) is 6.26. The van der Waals surface area contributed by atoms with E-state index in [1.165, 1.54) is 0 Å². The molecule has 4 nitrogen and oxygen atoms in total. The fraction of sp³-hybridized carbons (Fsp3) is 0.462. The van der Waals surface area contributed by atoms with Crippen LogP contribution in [0.4, 0.5) is 0 Å². The second-order valence-electron chi connectivity index (χ2n) is 4.62. The fourth-order valence-corrected chi connectivity index (χ4v) is 2.96. The van der Waals surface area contributed by atoms with Crippen molar-refractivity contribution >= 4 is 23.3 Å². The van der Waals surface area contributed by atoms with E-state index >= 15 is 0 Å². The van der Waals surface area contributed by atoms with Crippen LogP contribution in [-0.2, 0) is 4.74 Å². The largest absolute Gasteiger partial charge is 0.497 e. The predicted octanol–water partition coefficient (Wildman–Crippen LogP) is 3.06. The van der Waals surface area contributed by atoms with Gasteiger partial charge in [0.05, 0.1) is 30.3 Å². The summed E-state index contributed by atoms with van der Waals surface area (Å²) < 4.78 is 13.8. The van der Waals surface area contributed by atoms with Crippen molar-refractivity contribution in [2.24, 2.45) is 0 Å². The monoisotopic (exact) mass is 264 g/mol. The quantitative estimate of drug-likeness (QED) is 0.847. The number of H-pyrrole nitrogens is 1. The molecule has 0 spiro atoms. The van der Waals surface area contributed by atoms with E-state index in [1.54, 1.807) is 7.11 Å². The Labute approximate surface area is 111 Å². The molecule has 2 unspecified atom stereocenters. The molecule has 1 saturated heterocycles. The number of aromatic nitrogens is 2. The molecule has 1 aromatic carbocycles. The van der Waals surface area contributed by atoms with Crippen molar-refractivity contribution in [1.82, 2.24) is 9.55 Å². The van der Waals surface area contributed by atoms with E-state index in [0.29, 0.717) is 6.04 Å². The van der Waals surface area contributed by atoms with Crippen molar-refractivity contribution < 1.29 is 9.47 Å². The highest BCUT2D eigenvalue weighted by molar-refractivity contribution is 7.71. The maximum atomic E-state index is 5.64. The van der Waals surface area contributed by atoms with Gasteiger partial charge in [-0.25, -0.2) is 0 Å². The van der Waals surface area contributed by atoms with E-state index < -0.39 is 0 Å². The number of nitrogens with one attached hydrogen (secondary N) is 1. The predicted molar refractivity (Wildman–Crippen MR) is 72.7 cm³/mol. The molecule has 5 heteroatoms. The third kappa shape index (κ3) is 1.74. The SMILES string of the molecule is COc1ccc2[nH]c(=S)n(C3CCOC3C)c2c1. The van der Waals surface area contributed by atoms with Crippen molar-refractivity contribution in [3.8, 4) is 5.75 Å². The average Bonchev–Trinajstić information content (AvgIpc) is 2.90. The van der Waals surface area contributed by atoms with Gasteiger partial charge in [-0.1, -0.05) is 0 Å². The lowest BCUT2D eigenvalue weighted by Gasteiger charge is -2.17. The molecule has 0 radical (unpaired) electrons. The molecule has 1 aromatic heterocycles. The first-order valence-corrected chi connectivity index (χ1v) is 6.51. The average molecular weight is 264 g/mol. The minimum Gasteiger partial charge on any atom is -0.497 e. The number of rotatable bonds is 2. The molecule has 3 rings (SSSR count).